The number of carbonyl (C=O) groups is 3. The molecule has 1 saturated heterocycles. The molecule has 0 bridgehead atoms. The fourth-order valence-electron chi connectivity index (χ4n) is 3.31. The molecule has 0 saturated carbocycles. The number of aliphatic carboxylic acids is 2. The predicted octanol–water partition coefficient (Wildman–Crippen LogP) is 4.80. The quantitative estimate of drug-likeness (QED) is 0.249. The summed E-state index contributed by atoms with van der Waals surface area (Å²) in [6.07, 6.45) is -7.14. The normalized spacial score (nSPS) is 13.3. The zero-order valence-electron chi connectivity index (χ0n) is 23.2. The first-order chi connectivity index (χ1) is 21.2. The van der Waals surface area contributed by atoms with E-state index in [2.05, 4.69) is 20.4 Å². The van der Waals surface area contributed by atoms with Crippen molar-refractivity contribution < 1.29 is 65.1 Å². The Hall–Kier alpha value is -4.84. The maximum atomic E-state index is 12.3. The van der Waals surface area contributed by atoms with Crippen molar-refractivity contribution in [3.8, 4) is 16.9 Å². The van der Waals surface area contributed by atoms with Crippen molar-refractivity contribution >= 4 is 23.7 Å². The number of morpholine rings is 1. The van der Waals surface area contributed by atoms with Gasteiger partial charge in [0.05, 0.1) is 25.1 Å². The Labute approximate surface area is 251 Å². The minimum absolute atomic E-state index is 0.201. The highest BCUT2D eigenvalue weighted by molar-refractivity contribution is 5.87. The lowest BCUT2D eigenvalue weighted by molar-refractivity contribution is -0.193. The highest BCUT2D eigenvalue weighted by Gasteiger charge is 2.38. The van der Waals surface area contributed by atoms with E-state index in [0.717, 1.165) is 49.5 Å². The summed E-state index contributed by atoms with van der Waals surface area (Å²) in [5, 5.41) is 23.9. The summed E-state index contributed by atoms with van der Waals surface area (Å²) in [7, 11) is 0. The molecule has 2 aromatic carbocycles. The molecular formula is C27H28F6N4O8. The monoisotopic (exact) mass is 650 g/mol. The van der Waals surface area contributed by atoms with E-state index in [9.17, 15) is 31.1 Å². The molecule has 1 amide bonds. The molecule has 246 valence electrons. The molecule has 3 aromatic rings. The van der Waals surface area contributed by atoms with Crippen LogP contribution in [0.4, 0.5) is 36.8 Å². The Morgan fingerprint density at radius 3 is 2.07 bits per heavy atom. The third kappa shape index (κ3) is 14.0. The second-order valence-electron chi connectivity index (χ2n) is 8.79. The Bertz CT molecular complexity index is 1330. The molecule has 18 heteroatoms. The smallest absolute Gasteiger partial charge is 0.490 e. The Morgan fingerprint density at radius 2 is 1.53 bits per heavy atom. The van der Waals surface area contributed by atoms with E-state index in [1.54, 1.807) is 6.20 Å². The molecule has 0 unspecified atom stereocenters. The number of nitrogens with one attached hydrogen (secondary N) is 2. The maximum Gasteiger partial charge on any atom is 0.490 e. The number of halogens is 6. The van der Waals surface area contributed by atoms with Gasteiger partial charge in [0.1, 0.15) is 19.0 Å². The molecule has 1 aliphatic rings. The fourth-order valence-corrected chi connectivity index (χ4v) is 3.31. The van der Waals surface area contributed by atoms with Gasteiger partial charge in [-0.25, -0.2) is 14.4 Å². The van der Waals surface area contributed by atoms with Gasteiger partial charge in [0, 0.05) is 31.4 Å². The number of amides is 1. The minimum atomic E-state index is -5.08. The van der Waals surface area contributed by atoms with Gasteiger partial charge in [-0.3, -0.25) is 15.3 Å². The number of anilines is 1. The van der Waals surface area contributed by atoms with Crippen LogP contribution in [0.5, 0.6) is 5.75 Å². The van der Waals surface area contributed by atoms with Gasteiger partial charge < -0.3 is 24.4 Å². The van der Waals surface area contributed by atoms with Crippen molar-refractivity contribution in [3.63, 3.8) is 0 Å². The van der Waals surface area contributed by atoms with Gasteiger partial charge in [-0.2, -0.15) is 31.4 Å². The van der Waals surface area contributed by atoms with Crippen LogP contribution in [0, 0.1) is 0 Å². The lowest BCUT2D eigenvalue weighted by Crippen LogP contribution is -2.38. The highest BCUT2D eigenvalue weighted by atomic mass is 19.4. The summed E-state index contributed by atoms with van der Waals surface area (Å²) < 4.78 is 80.3. The lowest BCUT2D eigenvalue weighted by Gasteiger charge is -2.26. The summed E-state index contributed by atoms with van der Waals surface area (Å²) >= 11 is 0. The number of hydrogen-bond donors (Lipinski definition) is 4. The van der Waals surface area contributed by atoms with Crippen molar-refractivity contribution in [2.45, 2.75) is 19.0 Å². The zero-order valence-corrected chi connectivity index (χ0v) is 23.2. The van der Waals surface area contributed by atoms with Crippen LogP contribution in [0.15, 0.2) is 60.9 Å². The van der Waals surface area contributed by atoms with Gasteiger partial charge in [0.15, 0.2) is 0 Å². The predicted molar refractivity (Wildman–Crippen MR) is 144 cm³/mol. The van der Waals surface area contributed by atoms with Crippen LogP contribution in [-0.4, -0.2) is 95.1 Å². The van der Waals surface area contributed by atoms with Crippen LogP contribution in [0.1, 0.15) is 5.56 Å². The third-order valence-corrected chi connectivity index (χ3v) is 5.52. The van der Waals surface area contributed by atoms with Crippen LogP contribution in [-0.2, 0) is 25.7 Å². The SMILES string of the molecule is O=C(Nc1ccc(-c2cn[nH]c2)cc1OCCN1CCOCC1)OCc1ccccc1.O=C(O)C(F)(F)F.O=C(O)C(F)(F)F. The van der Waals surface area contributed by atoms with Gasteiger partial charge in [0.25, 0.3) is 0 Å². The highest BCUT2D eigenvalue weighted by Crippen LogP contribution is 2.31. The van der Waals surface area contributed by atoms with Crippen molar-refractivity contribution in [2.24, 2.45) is 0 Å². The van der Waals surface area contributed by atoms with Gasteiger partial charge >= 0.3 is 30.4 Å². The first-order valence-electron chi connectivity index (χ1n) is 12.8. The van der Waals surface area contributed by atoms with Crippen LogP contribution in [0.2, 0.25) is 0 Å². The van der Waals surface area contributed by atoms with Crippen molar-refractivity contribution in [3.05, 3.63) is 66.5 Å². The summed E-state index contributed by atoms with van der Waals surface area (Å²) in [5.74, 6) is -4.93. The van der Waals surface area contributed by atoms with Crippen molar-refractivity contribution in [1.82, 2.24) is 15.1 Å². The van der Waals surface area contributed by atoms with Crippen molar-refractivity contribution in [2.75, 3.05) is 44.8 Å². The average molecular weight is 651 g/mol. The van der Waals surface area contributed by atoms with Crippen LogP contribution in [0.3, 0.4) is 0 Å². The Kier molecular flexibility index (Phi) is 14.1. The van der Waals surface area contributed by atoms with Crippen LogP contribution < -0.4 is 10.1 Å². The molecule has 0 spiro atoms. The number of hydrogen-bond acceptors (Lipinski definition) is 8. The maximum absolute atomic E-state index is 12.3. The van der Waals surface area contributed by atoms with E-state index < -0.39 is 30.4 Å². The second-order valence-corrected chi connectivity index (χ2v) is 8.79. The molecule has 1 fully saturated rings. The topological polar surface area (TPSA) is 163 Å². The third-order valence-electron chi connectivity index (χ3n) is 5.52. The molecule has 0 aliphatic carbocycles. The molecule has 4 rings (SSSR count). The van der Waals surface area contributed by atoms with E-state index in [1.165, 1.54) is 0 Å². The summed E-state index contributed by atoms with van der Waals surface area (Å²) in [5.41, 5.74) is 3.37. The lowest BCUT2D eigenvalue weighted by atomic mass is 10.1. The van der Waals surface area contributed by atoms with Crippen molar-refractivity contribution in [1.29, 1.82) is 0 Å². The number of benzene rings is 2. The number of carbonyl (C=O) groups excluding carboxylic acids is 1. The largest absolute Gasteiger partial charge is 0.490 e. The number of carboxylic acid groups (broad SMARTS) is 2. The number of aromatic nitrogens is 2. The molecular weight excluding hydrogens is 622 g/mol. The number of aromatic amines is 1. The van der Waals surface area contributed by atoms with Crippen LogP contribution in [0.25, 0.3) is 11.1 Å². The number of carboxylic acids is 2. The number of ether oxygens (including phenoxy) is 3. The number of H-pyrrole nitrogens is 1. The molecule has 0 radical (unpaired) electrons. The molecule has 12 nitrogen and oxygen atoms in total. The van der Waals surface area contributed by atoms with Gasteiger partial charge in [0.2, 0.25) is 0 Å². The summed E-state index contributed by atoms with van der Waals surface area (Å²) in [6, 6.07) is 15.2. The molecule has 2 heterocycles. The average Bonchev–Trinajstić information content (AvgIpc) is 3.53. The summed E-state index contributed by atoms with van der Waals surface area (Å²) in [4.78, 5) is 32.4. The van der Waals surface area contributed by atoms with Gasteiger partial charge in [-0.1, -0.05) is 36.4 Å². The summed E-state index contributed by atoms with van der Waals surface area (Å²) in [6.45, 7) is 4.78. The molecule has 0 atom stereocenters. The van der Waals surface area contributed by atoms with Gasteiger partial charge in [-0.05, 0) is 23.3 Å². The van der Waals surface area contributed by atoms with E-state index in [4.69, 9.17) is 34.0 Å². The van der Waals surface area contributed by atoms with Crippen LogP contribution >= 0.6 is 0 Å². The number of alkyl halides is 6. The molecule has 45 heavy (non-hydrogen) atoms. The van der Waals surface area contributed by atoms with E-state index in [-0.39, 0.29) is 6.61 Å². The Balaban J connectivity index is 0.000000421. The first-order valence-corrected chi connectivity index (χ1v) is 12.8. The first kappa shape index (κ1) is 36.4. The number of rotatable bonds is 8. The second kappa shape index (κ2) is 17.5. The zero-order chi connectivity index (χ0) is 33.5. The number of nitrogens with zero attached hydrogens (tertiary/aromatic N) is 2. The Morgan fingerprint density at radius 1 is 0.933 bits per heavy atom. The standard InChI is InChI=1S/C23H26N4O4.2C2HF3O2/c28-23(31-17-18-4-2-1-3-5-18)26-21-7-6-19(20-15-24-25-16-20)14-22(21)30-13-10-27-8-11-29-12-9-27;2*3-2(4,5)1(6)7/h1-7,14-16H,8-13,17H2,(H,24,25)(H,26,28);2*(H,6,7). The van der Waals surface area contributed by atoms with E-state index in [1.807, 2.05) is 54.7 Å². The fraction of sp³-hybridized carbons (Fsp3) is 0.333. The minimum Gasteiger partial charge on any atom is -0.490 e. The molecule has 1 aromatic heterocycles. The van der Waals surface area contributed by atoms with Gasteiger partial charge in [-0.15, -0.1) is 0 Å². The molecule has 4 N–H and O–H groups in total. The van der Waals surface area contributed by atoms with E-state index >= 15 is 0 Å². The molecule has 1 aliphatic heterocycles. The van der Waals surface area contributed by atoms with E-state index in [0.29, 0.717) is 18.0 Å².